The predicted octanol–water partition coefficient (Wildman–Crippen LogP) is 5.06. The SMILES string of the molecule is CCOc1ccccc1NC(=O)C(CC)Sc1nc(CC(C)C)ccc1C#N. The third-order valence-corrected chi connectivity index (χ3v) is 5.38. The van der Waals surface area contributed by atoms with Crippen molar-refractivity contribution in [3.63, 3.8) is 0 Å². The van der Waals surface area contributed by atoms with Crippen LogP contribution in [0.2, 0.25) is 0 Å². The van der Waals surface area contributed by atoms with Crippen molar-refractivity contribution in [2.24, 2.45) is 5.92 Å². The summed E-state index contributed by atoms with van der Waals surface area (Å²) in [6.45, 7) is 8.64. The van der Waals surface area contributed by atoms with Gasteiger partial charge in [0.1, 0.15) is 16.8 Å². The number of aromatic nitrogens is 1. The number of carbonyl (C=O) groups is 1. The molecule has 0 aliphatic heterocycles. The second-order valence-electron chi connectivity index (χ2n) is 6.80. The minimum atomic E-state index is -0.358. The molecule has 0 radical (unpaired) electrons. The van der Waals surface area contributed by atoms with E-state index in [0.717, 1.165) is 12.1 Å². The highest BCUT2D eigenvalue weighted by atomic mass is 32.2. The molecule has 0 saturated carbocycles. The number of anilines is 1. The molecule has 1 aromatic heterocycles. The smallest absolute Gasteiger partial charge is 0.238 e. The van der Waals surface area contributed by atoms with Crippen LogP contribution in [-0.4, -0.2) is 22.7 Å². The Morgan fingerprint density at radius 3 is 2.64 bits per heavy atom. The maximum absolute atomic E-state index is 12.9. The largest absolute Gasteiger partial charge is 0.492 e. The van der Waals surface area contributed by atoms with Crippen LogP contribution in [0.1, 0.15) is 45.4 Å². The Balaban J connectivity index is 2.20. The molecule has 1 aromatic carbocycles. The number of hydrogen-bond donors (Lipinski definition) is 1. The van der Waals surface area contributed by atoms with Crippen molar-refractivity contribution in [2.45, 2.75) is 50.8 Å². The standard InChI is InChI=1S/C22H27N3O2S/c1-5-20(21(26)25-18-9-7-8-10-19(18)27-6-2)28-22-16(14-23)11-12-17(24-22)13-15(3)4/h7-12,15,20H,5-6,13H2,1-4H3,(H,25,26). The fourth-order valence-corrected chi connectivity index (χ4v) is 3.72. The van der Waals surface area contributed by atoms with Gasteiger partial charge < -0.3 is 10.1 Å². The number of carbonyl (C=O) groups excluding carboxylic acids is 1. The van der Waals surface area contributed by atoms with E-state index < -0.39 is 0 Å². The highest BCUT2D eigenvalue weighted by molar-refractivity contribution is 8.00. The van der Waals surface area contributed by atoms with Crippen molar-refractivity contribution >= 4 is 23.4 Å². The number of thioether (sulfide) groups is 1. The number of ether oxygens (including phenoxy) is 1. The average Bonchev–Trinajstić information content (AvgIpc) is 2.67. The first kappa shape index (κ1) is 21.8. The molecule has 2 rings (SSSR count). The Hall–Kier alpha value is -2.52. The lowest BCUT2D eigenvalue weighted by Crippen LogP contribution is -2.25. The number of nitriles is 1. The Morgan fingerprint density at radius 2 is 2.00 bits per heavy atom. The zero-order valence-electron chi connectivity index (χ0n) is 16.9. The summed E-state index contributed by atoms with van der Waals surface area (Å²) in [6.07, 6.45) is 1.46. The number of hydrogen-bond acceptors (Lipinski definition) is 5. The second-order valence-corrected chi connectivity index (χ2v) is 7.99. The Morgan fingerprint density at radius 1 is 1.25 bits per heavy atom. The molecular formula is C22H27N3O2S. The molecule has 0 aliphatic rings. The van der Waals surface area contributed by atoms with Crippen molar-refractivity contribution in [3.05, 3.63) is 47.7 Å². The Bertz CT molecular complexity index is 846. The topological polar surface area (TPSA) is 75.0 Å². The number of nitrogens with one attached hydrogen (secondary N) is 1. The molecule has 28 heavy (non-hydrogen) atoms. The van der Waals surface area contributed by atoms with Crippen molar-refractivity contribution in [3.8, 4) is 11.8 Å². The molecule has 1 heterocycles. The van der Waals surface area contributed by atoms with Crippen LogP contribution in [-0.2, 0) is 11.2 Å². The monoisotopic (exact) mass is 397 g/mol. The zero-order chi connectivity index (χ0) is 20.5. The van der Waals surface area contributed by atoms with Gasteiger partial charge in [-0.25, -0.2) is 4.98 Å². The molecule has 1 atom stereocenters. The highest BCUT2D eigenvalue weighted by Crippen LogP contribution is 2.30. The van der Waals surface area contributed by atoms with Gasteiger partial charge in [0.2, 0.25) is 5.91 Å². The van der Waals surface area contributed by atoms with Gasteiger partial charge in [0.25, 0.3) is 0 Å². The van der Waals surface area contributed by atoms with Crippen LogP contribution < -0.4 is 10.1 Å². The summed E-state index contributed by atoms with van der Waals surface area (Å²) in [6, 6.07) is 13.3. The maximum atomic E-state index is 12.9. The second kappa shape index (κ2) is 10.7. The van der Waals surface area contributed by atoms with Gasteiger partial charge >= 0.3 is 0 Å². The number of rotatable bonds is 9. The Kier molecular flexibility index (Phi) is 8.34. The van der Waals surface area contributed by atoms with Crippen LogP contribution in [0, 0.1) is 17.2 Å². The minimum absolute atomic E-state index is 0.125. The van der Waals surface area contributed by atoms with E-state index in [-0.39, 0.29) is 11.2 Å². The van der Waals surface area contributed by atoms with Crippen LogP contribution >= 0.6 is 11.8 Å². The van der Waals surface area contributed by atoms with Crippen molar-refractivity contribution in [1.82, 2.24) is 4.98 Å². The molecule has 148 valence electrons. The quantitative estimate of drug-likeness (QED) is 0.599. The van der Waals surface area contributed by atoms with Gasteiger partial charge in [-0.05, 0) is 49.9 Å². The molecule has 0 saturated heterocycles. The fourth-order valence-electron chi connectivity index (χ4n) is 2.71. The summed E-state index contributed by atoms with van der Waals surface area (Å²) in [5.74, 6) is 0.992. The number of amides is 1. The molecule has 5 nitrogen and oxygen atoms in total. The third-order valence-electron chi connectivity index (χ3n) is 4.02. The lowest BCUT2D eigenvalue weighted by atomic mass is 10.1. The van der Waals surface area contributed by atoms with E-state index in [1.807, 2.05) is 44.2 Å². The molecule has 1 N–H and O–H groups in total. The van der Waals surface area contributed by atoms with Gasteiger partial charge in [-0.2, -0.15) is 5.26 Å². The molecule has 0 fully saturated rings. The summed E-state index contributed by atoms with van der Waals surface area (Å²) in [5, 5.41) is 12.6. The van der Waals surface area contributed by atoms with Gasteiger partial charge in [-0.1, -0.05) is 44.7 Å². The van der Waals surface area contributed by atoms with Crippen LogP contribution in [0.5, 0.6) is 5.75 Å². The van der Waals surface area contributed by atoms with E-state index in [1.54, 1.807) is 6.07 Å². The number of para-hydroxylation sites is 2. The van der Waals surface area contributed by atoms with Crippen LogP contribution in [0.4, 0.5) is 5.69 Å². The number of pyridine rings is 1. The van der Waals surface area contributed by atoms with E-state index in [1.165, 1.54) is 11.8 Å². The van der Waals surface area contributed by atoms with Gasteiger partial charge in [-0.15, -0.1) is 0 Å². The van der Waals surface area contributed by atoms with Crippen molar-refractivity contribution in [2.75, 3.05) is 11.9 Å². The van der Waals surface area contributed by atoms with E-state index in [0.29, 0.717) is 41.0 Å². The number of nitrogens with zero attached hydrogens (tertiary/aromatic N) is 2. The van der Waals surface area contributed by atoms with E-state index in [4.69, 9.17) is 4.74 Å². The maximum Gasteiger partial charge on any atom is 0.238 e. The molecule has 6 heteroatoms. The fraction of sp³-hybridized carbons (Fsp3) is 0.409. The van der Waals surface area contributed by atoms with E-state index in [2.05, 4.69) is 30.2 Å². The summed E-state index contributed by atoms with van der Waals surface area (Å²) < 4.78 is 5.58. The van der Waals surface area contributed by atoms with Gasteiger partial charge in [0.15, 0.2) is 0 Å². The first-order valence-corrected chi connectivity index (χ1v) is 10.5. The van der Waals surface area contributed by atoms with Crippen molar-refractivity contribution in [1.29, 1.82) is 5.26 Å². The third kappa shape index (κ3) is 6.00. The minimum Gasteiger partial charge on any atom is -0.492 e. The molecule has 0 aliphatic carbocycles. The van der Waals surface area contributed by atoms with E-state index in [9.17, 15) is 10.1 Å². The van der Waals surface area contributed by atoms with E-state index >= 15 is 0 Å². The first-order chi connectivity index (χ1) is 13.5. The highest BCUT2D eigenvalue weighted by Gasteiger charge is 2.22. The molecular weight excluding hydrogens is 370 g/mol. The molecule has 0 spiro atoms. The molecule has 2 aromatic rings. The normalized spacial score (nSPS) is 11.7. The number of benzene rings is 1. The lowest BCUT2D eigenvalue weighted by molar-refractivity contribution is -0.115. The van der Waals surface area contributed by atoms with Crippen LogP contribution in [0.25, 0.3) is 0 Å². The van der Waals surface area contributed by atoms with Crippen LogP contribution in [0.15, 0.2) is 41.4 Å². The van der Waals surface area contributed by atoms with Crippen molar-refractivity contribution < 1.29 is 9.53 Å². The predicted molar refractivity (Wildman–Crippen MR) is 114 cm³/mol. The average molecular weight is 398 g/mol. The Labute approximate surface area is 171 Å². The van der Waals surface area contributed by atoms with Gasteiger partial charge in [0, 0.05) is 5.69 Å². The zero-order valence-corrected chi connectivity index (χ0v) is 17.7. The summed E-state index contributed by atoms with van der Waals surface area (Å²) >= 11 is 1.34. The molecule has 1 amide bonds. The van der Waals surface area contributed by atoms with Gasteiger partial charge in [0.05, 0.1) is 23.1 Å². The summed E-state index contributed by atoms with van der Waals surface area (Å²) in [5.41, 5.74) is 2.09. The van der Waals surface area contributed by atoms with Gasteiger partial charge in [-0.3, -0.25) is 4.79 Å². The van der Waals surface area contributed by atoms with Crippen LogP contribution in [0.3, 0.4) is 0 Å². The lowest BCUT2D eigenvalue weighted by Gasteiger charge is -2.17. The molecule has 1 unspecified atom stereocenters. The first-order valence-electron chi connectivity index (χ1n) is 9.57. The summed E-state index contributed by atoms with van der Waals surface area (Å²) in [4.78, 5) is 17.5. The summed E-state index contributed by atoms with van der Waals surface area (Å²) in [7, 11) is 0. The molecule has 0 bridgehead atoms.